The first-order valence-corrected chi connectivity index (χ1v) is 5.95. The maximum absolute atomic E-state index is 11.9. The first kappa shape index (κ1) is 15.0. The highest BCUT2D eigenvalue weighted by molar-refractivity contribution is 5.95. The monoisotopic (exact) mass is 265 g/mol. The van der Waals surface area contributed by atoms with Crippen LogP contribution in [-0.2, 0) is 9.59 Å². The number of methoxy groups -OCH3 is 1. The Hall–Kier alpha value is -2.08. The Morgan fingerprint density at radius 3 is 2.74 bits per heavy atom. The highest BCUT2D eigenvalue weighted by Gasteiger charge is 2.13. The maximum atomic E-state index is 11.9. The number of carbonyl (C=O) groups is 2. The van der Waals surface area contributed by atoms with Gasteiger partial charge in [-0.1, -0.05) is 6.07 Å². The third-order valence-electron chi connectivity index (χ3n) is 2.58. The van der Waals surface area contributed by atoms with Gasteiger partial charge in [-0.25, -0.2) is 0 Å². The maximum Gasteiger partial charge on any atom is 0.241 e. The zero-order chi connectivity index (χ0) is 14.3. The molecule has 0 saturated carbocycles. The van der Waals surface area contributed by atoms with Gasteiger partial charge in [-0.05, 0) is 19.1 Å². The summed E-state index contributed by atoms with van der Waals surface area (Å²) in [6.45, 7) is 1.79. The molecule has 0 aromatic heterocycles. The van der Waals surface area contributed by atoms with Crippen LogP contribution in [0.1, 0.15) is 6.92 Å². The molecule has 0 fully saturated rings. The lowest BCUT2D eigenvalue weighted by Gasteiger charge is -2.14. The number of nitrogens with one attached hydrogen (secondary N) is 3. The molecule has 0 aliphatic rings. The fraction of sp³-hybridized carbons (Fsp3) is 0.385. The molecule has 1 aromatic rings. The van der Waals surface area contributed by atoms with Crippen molar-refractivity contribution >= 4 is 17.5 Å². The summed E-state index contributed by atoms with van der Waals surface area (Å²) in [5.74, 6) is 0.293. The molecular weight excluding hydrogens is 246 g/mol. The summed E-state index contributed by atoms with van der Waals surface area (Å²) in [6, 6.07) is 6.61. The summed E-state index contributed by atoms with van der Waals surface area (Å²) in [6.07, 6.45) is 0. The highest BCUT2D eigenvalue weighted by atomic mass is 16.5. The second kappa shape index (κ2) is 7.38. The van der Waals surface area contributed by atoms with Crippen molar-refractivity contribution in [1.82, 2.24) is 10.6 Å². The Balaban J connectivity index is 2.51. The van der Waals surface area contributed by atoms with Crippen molar-refractivity contribution in [3.63, 3.8) is 0 Å². The van der Waals surface area contributed by atoms with Crippen LogP contribution < -0.4 is 20.7 Å². The number of ether oxygens (including phenoxy) is 1. The van der Waals surface area contributed by atoms with E-state index in [4.69, 9.17) is 4.74 Å². The van der Waals surface area contributed by atoms with Crippen molar-refractivity contribution in [3.8, 4) is 5.75 Å². The number of likely N-dealkylation sites (N-methyl/N-ethyl adjacent to an activating group) is 1. The number of anilines is 1. The van der Waals surface area contributed by atoms with Gasteiger partial charge in [0.15, 0.2) is 0 Å². The minimum Gasteiger partial charge on any atom is -0.497 e. The molecule has 3 N–H and O–H groups in total. The largest absolute Gasteiger partial charge is 0.497 e. The van der Waals surface area contributed by atoms with Crippen LogP contribution in [0.2, 0.25) is 0 Å². The Bertz CT molecular complexity index is 449. The van der Waals surface area contributed by atoms with Gasteiger partial charge in [-0.15, -0.1) is 0 Å². The van der Waals surface area contributed by atoms with Gasteiger partial charge < -0.3 is 15.4 Å². The summed E-state index contributed by atoms with van der Waals surface area (Å²) in [7, 11) is 3.11. The van der Waals surface area contributed by atoms with Gasteiger partial charge in [0.05, 0.1) is 19.7 Å². The van der Waals surface area contributed by atoms with Crippen LogP contribution in [-0.4, -0.2) is 38.6 Å². The average molecular weight is 265 g/mol. The number of hydrogen-bond acceptors (Lipinski definition) is 4. The van der Waals surface area contributed by atoms with E-state index in [2.05, 4.69) is 16.0 Å². The fourth-order valence-electron chi connectivity index (χ4n) is 1.38. The molecule has 0 bridgehead atoms. The summed E-state index contributed by atoms with van der Waals surface area (Å²) in [5, 5.41) is 8.05. The SMILES string of the molecule is CNC(=O)CN[C@H](C)C(=O)Nc1cccc(OC)c1. The van der Waals surface area contributed by atoms with Crippen molar-refractivity contribution < 1.29 is 14.3 Å². The second-order valence-corrected chi connectivity index (χ2v) is 4.00. The van der Waals surface area contributed by atoms with Crippen molar-refractivity contribution in [2.75, 3.05) is 26.0 Å². The predicted molar refractivity (Wildman–Crippen MR) is 73.2 cm³/mol. The molecule has 0 heterocycles. The number of rotatable bonds is 6. The van der Waals surface area contributed by atoms with Crippen molar-refractivity contribution in [2.45, 2.75) is 13.0 Å². The first-order chi connectivity index (χ1) is 9.06. The standard InChI is InChI=1S/C13H19N3O3/c1-9(15-8-12(17)14-2)13(18)16-10-5-4-6-11(7-10)19-3/h4-7,9,15H,8H2,1-3H3,(H,14,17)(H,16,18)/t9-/m1/s1. The molecule has 0 aliphatic carbocycles. The summed E-state index contributed by atoms with van der Waals surface area (Å²) in [4.78, 5) is 22.9. The fourth-order valence-corrected chi connectivity index (χ4v) is 1.38. The van der Waals surface area contributed by atoms with Crippen molar-refractivity contribution in [3.05, 3.63) is 24.3 Å². The quantitative estimate of drug-likeness (QED) is 0.694. The van der Waals surface area contributed by atoms with Gasteiger partial charge in [0.25, 0.3) is 0 Å². The predicted octanol–water partition coefficient (Wildman–Crippen LogP) is 0.358. The molecule has 0 saturated heterocycles. The third-order valence-corrected chi connectivity index (χ3v) is 2.58. The van der Waals surface area contributed by atoms with Gasteiger partial charge in [0.2, 0.25) is 11.8 Å². The molecule has 0 radical (unpaired) electrons. The molecule has 0 aliphatic heterocycles. The summed E-state index contributed by atoms with van der Waals surface area (Å²) >= 11 is 0. The van der Waals surface area contributed by atoms with Crippen LogP contribution >= 0.6 is 0 Å². The zero-order valence-electron chi connectivity index (χ0n) is 11.3. The van der Waals surface area contributed by atoms with Crippen LogP contribution in [0, 0.1) is 0 Å². The minimum absolute atomic E-state index is 0.100. The van der Waals surface area contributed by atoms with E-state index < -0.39 is 6.04 Å². The average Bonchev–Trinajstić information content (AvgIpc) is 2.44. The number of carbonyl (C=O) groups excluding carboxylic acids is 2. The van der Waals surface area contributed by atoms with Gasteiger partial charge in [-0.2, -0.15) is 0 Å². The van der Waals surface area contributed by atoms with E-state index in [9.17, 15) is 9.59 Å². The van der Waals surface area contributed by atoms with Gasteiger partial charge in [0, 0.05) is 18.8 Å². The van der Waals surface area contributed by atoms with Gasteiger partial charge in [0.1, 0.15) is 5.75 Å². The zero-order valence-corrected chi connectivity index (χ0v) is 11.3. The highest BCUT2D eigenvalue weighted by Crippen LogP contribution is 2.16. The van der Waals surface area contributed by atoms with Crippen LogP contribution in [0.15, 0.2) is 24.3 Å². The van der Waals surface area contributed by atoms with Crippen molar-refractivity contribution in [2.24, 2.45) is 0 Å². The third kappa shape index (κ3) is 4.97. The molecule has 1 rings (SSSR count). The van der Waals surface area contributed by atoms with E-state index in [1.165, 1.54) is 0 Å². The minimum atomic E-state index is -0.469. The van der Waals surface area contributed by atoms with E-state index in [1.807, 2.05) is 0 Å². The smallest absolute Gasteiger partial charge is 0.241 e. The molecule has 0 unspecified atom stereocenters. The molecular formula is C13H19N3O3. The normalized spacial score (nSPS) is 11.5. The van der Waals surface area contributed by atoms with Crippen LogP contribution in [0.4, 0.5) is 5.69 Å². The number of amides is 2. The Labute approximate surface area is 112 Å². The van der Waals surface area contributed by atoms with Gasteiger partial charge >= 0.3 is 0 Å². The van der Waals surface area contributed by atoms with E-state index in [-0.39, 0.29) is 18.4 Å². The lowest BCUT2D eigenvalue weighted by atomic mass is 10.2. The number of benzene rings is 1. The molecule has 0 spiro atoms. The Morgan fingerprint density at radius 1 is 1.37 bits per heavy atom. The Kier molecular flexibility index (Phi) is 5.81. The summed E-state index contributed by atoms with van der Waals surface area (Å²) in [5.41, 5.74) is 0.651. The molecule has 2 amide bonds. The van der Waals surface area contributed by atoms with E-state index >= 15 is 0 Å². The number of hydrogen-bond donors (Lipinski definition) is 3. The van der Waals surface area contributed by atoms with Crippen LogP contribution in [0.5, 0.6) is 5.75 Å². The van der Waals surface area contributed by atoms with Crippen LogP contribution in [0.3, 0.4) is 0 Å². The topological polar surface area (TPSA) is 79.5 Å². The second-order valence-electron chi connectivity index (χ2n) is 4.00. The lowest BCUT2D eigenvalue weighted by molar-refractivity contribution is -0.120. The van der Waals surface area contributed by atoms with Gasteiger partial charge in [-0.3, -0.25) is 14.9 Å². The first-order valence-electron chi connectivity index (χ1n) is 5.95. The molecule has 1 atom stereocenters. The lowest BCUT2D eigenvalue weighted by Crippen LogP contribution is -2.42. The van der Waals surface area contributed by atoms with Crippen molar-refractivity contribution in [1.29, 1.82) is 0 Å². The van der Waals surface area contributed by atoms with Crippen LogP contribution in [0.25, 0.3) is 0 Å². The Morgan fingerprint density at radius 2 is 2.11 bits per heavy atom. The molecule has 1 aromatic carbocycles. The molecule has 6 heteroatoms. The molecule has 104 valence electrons. The molecule has 6 nitrogen and oxygen atoms in total. The van der Waals surface area contributed by atoms with E-state index in [1.54, 1.807) is 45.3 Å². The summed E-state index contributed by atoms with van der Waals surface area (Å²) < 4.78 is 5.07. The van der Waals surface area contributed by atoms with E-state index in [0.717, 1.165) is 0 Å². The molecule has 19 heavy (non-hydrogen) atoms. The van der Waals surface area contributed by atoms with E-state index in [0.29, 0.717) is 11.4 Å².